The second kappa shape index (κ2) is 6.72. The number of hydrogen-bond donors (Lipinski definition) is 2. The molecule has 0 fully saturated rings. The molecule has 5 nitrogen and oxygen atoms in total. The van der Waals surface area contributed by atoms with Crippen LogP contribution < -0.4 is 5.32 Å². The van der Waals surface area contributed by atoms with Gasteiger partial charge in [-0.2, -0.15) is 0 Å². The van der Waals surface area contributed by atoms with Crippen molar-refractivity contribution in [3.05, 3.63) is 35.4 Å². The Morgan fingerprint density at radius 2 is 1.86 bits per heavy atom. The topological polar surface area (TPSA) is 69.6 Å². The molecule has 0 heterocycles. The number of hydrogen-bond acceptors (Lipinski definition) is 3. The van der Waals surface area contributed by atoms with Crippen molar-refractivity contribution in [2.45, 2.75) is 26.4 Å². The molecule has 0 aliphatic rings. The molecule has 1 atom stereocenters. The first-order valence-corrected chi connectivity index (χ1v) is 6.97. The lowest BCUT2D eigenvalue weighted by Crippen LogP contribution is -2.44. The van der Waals surface area contributed by atoms with E-state index in [-0.39, 0.29) is 24.3 Å². The largest absolute Gasteiger partial charge is 0.388 e. The molecule has 5 heteroatoms. The van der Waals surface area contributed by atoms with Crippen molar-refractivity contribution in [3.8, 4) is 0 Å². The lowest BCUT2D eigenvalue weighted by molar-refractivity contribution is 0.0142. The highest BCUT2D eigenvalue weighted by Gasteiger charge is 2.25. The van der Waals surface area contributed by atoms with Gasteiger partial charge in [0, 0.05) is 31.8 Å². The van der Waals surface area contributed by atoms with E-state index < -0.39 is 5.60 Å². The number of amides is 2. The highest BCUT2D eigenvalue weighted by Crippen LogP contribution is 2.15. The number of nitrogens with one attached hydrogen (secondary N) is 1. The van der Waals surface area contributed by atoms with E-state index in [1.54, 1.807) is 45.3 Å². The Morgan fingerprint density at radius 3 is 2.38 bits per heavy atom. The molecule has 1 unspecified atom stereocenters. The van der Waals surface area contributed by atoms with Crippen molar-refractivity contribution in [2.24, 2.45) is 5.92 Å². The van der Waals surface area contributed by atoms with E-state index >= 15 is 0 Å². The molecule has 0 aliphatic carbocycles. The summed E-state index contributed by atoms with van der Waals surface area (Å²) in [7, 11) is 3.32. The van der Waals surface area contributed by atoms with Gasteiger partial charge in [0.2, 0.25) is 0 Å². The van der Waals surface area contributed by atoms with E-state index in [4.69, 9.17) is 0 Å². The fraction of sp³-hybridized carbons (Fsp3) is 0.500. The van der Waals surface area contributed by atoms with Crippen LogP contribution in [0.4, 0.5) is 0 Å². The Labute approximate surface area is 126 Å². The summed E-state index contributed by atoms with van der Waals surface area (Å²) in [6.07, 6.45) is 0. The average Bonchev–Trinajstić information content (AvgIpc) is 2.43. The fourth-order valence-corrected chi connectivity index (χ4v) is 1.62. The van der Waals surface area contributed by atoms with Crippen molar-refractivity contribution < 1.29 is 14.7 Å². The SMILES string of the molecule is CC(C)C(C)(O)CNC(=O)c1cccc(C(=O)N(C)C)c1. The van der Waals surface area contributed by atoms with Crippen LogP contribution in [-0.2, 0) is 0 Å². The first-order chi connectivity index (χ1) is 9.65. The summed E-state index contributed by atoms with van der Waals surface area (Å²) in [6, 6.07) is 6.54. The van der Waals surface area contributed by atoms with E-state index in [1.807, 2.05) is 13.8 Å². The van der Waals surface area contributed by atoms with Crippen molar-refractivity contribution in [1.82, 2.24) is 10.2 Å². The third-order valence-electron chi connectivity index (χ3n) is 3.63. The molecule has 116 valence electrons. The van der Waals surface area contributed by atoms with Gasteiger partial charge >= 0.3 is 0 Å². The predicted molar refractivity (Wildman–Crippen MR) is 82.3 cm³/mol. The number of nitrogens with zero attached hydrogens (tertiary/aromatic N) is 1. The fourth-order valence-electron chi connectivity index (χ4n) is 1.62. The Morgan fingerprint density at radius 1 is 1.29 bits per heavy atom. The van der Waals surface area contributed by atoms with Crippen molar-refractivity contribution in [1.29, 1.82) is 0 Å². The van der Waals surface area contributed by atoms with Crippen LogP contribution in [-0.4, -0.2) is 48.1 Å². The molecule has 2 N–H and O–H groups in total. The Bertz CT molecular complexity index is 522. The van der Waals surface area contributed by atoms with Crippen molar-refractivity contribution in [2.75, 3.05) is 20.6 Å². The van der Waals surface area contributed by atoms with E-state index in [0.717, 1.165) is 0 Å². The number of rotatable bonds is 5. The summed E-state index contributed by atoms with van der Waals surface area (Å²) in [5, 5.41) is 12.8. The lowest BCUT2D eigenvalue weighted by Gasteiger charge is -2.27. The van der Waals surface area contributed by atoms with Gasteiger partial charge in [-0.1, -0.05) is 19.9 Å². The molecule has 2 amide bonds. The standard InChI is InChI=1S/C16H24N2O3/c1-11(2)16(3,21)10-17-14(19)12-7-6-8-13(9-12)15(20)18(4)5/h6-9,11,21H,10H2,1-5H3,(H,17,19). The molecule has 21 heavy (non-hydrogen) atoms. The minimum Gasteiger partial charge on any atom is -0.388 e. The third-order valence-corrected chi connectivity index (χ3v) is 3.63. The van der Waals surface area contributed by atoms with Gasteiger partial charge < -0.3 is 15.3 Å². The van der Waals surface area contributed by atoms with Crippen LogP contribution in [0.5, 0.6) is 0 Å². The van der Waals surface area contributed by atoms with Gasteiger partial charge in [-0.3, -0.25) is 9.59 Å². The van der Waals surface area contributed by atoms with Crippen molar-refractivity contribution >= 4 is 11.8 Å². The van der Waals surface area contributed by atoms with Crippen LogP contribution in [0, 0.1) is 5.92 Å². The molecule has 0 saturated heterocycles. The zero-order valence-corrected chi connectivity index (χ0v) is 13.3. The number of carbonyl (C=O) groups excluding carboxylic acids is 2. The number of carbonyl (C=O) groups is 2. The second-order valence-electron chi connectivity index (χ2n) is 5.97. The minimum absolute atomic E-state index is 0.0273. The van der Waals surface area contributed by atoms with E-state index in [1.165, 1.54) is 4.90 Å². The molecule has 1 aromatic carbocycles. The summed E-state index contributed by atoms with van der Waals surface area (Å²) >= 11 is 0. The molecule has 0 bridgehead atoms. The summed E-state index contributed by atoms with van der Waals surface area (Å²) in [4.78, 5) is 25.5. The van der Waals surface area contributed by atoms with Crippen LogP contribution >= 0.6 is 0 Å². The van der Waals surface area contributed by atoms with Crippen LogP contribution in [0.25, 0.3) is 0 Å². The zero-order valence-electron chi connectivity index (χ0n) is 13.3. The second-order valence-corrected chi connectivity index (χ2v) is 5.97. The van der Waals surface area contributed by atoms with E-state index in [0.29, 0.717) is 11.1 Å². The maximum Gasteiger partial charge on any atom is 0.253 e. The average molecular weight is 292 g/mol. The molecule has 0 saturated carbocycles. The Balaban J connectivity index is 2.80. The van der Waals surface area contributed by atoms with Gasteiger partial charge in [-0.05, 0) is 31.0 Å². The van der Waals surface area contributed by atoms with Gasteiger partial charge in [0.15, 0.2) is 0 Å². The van der Waals surface area contributed by atoms with Gasteiger partial charge in [0.1, 0.15) is 0 Å². The first-order valence-electron chi connectivity index (χ1n) is 6.97. The lowest BCUT2D eigenvalue weighted by atomic mass is 9.92. The molecule has 0 radical (unpaired) electrons. The summed E-state index contributed by atoms with van der Waals surface area (Å²) in [6.45, 7) is 5.63. The smallest absolute Gasteiger partial charge is 0.253 e. The number of benzene rings is 1. The third kappa shape index (κ3) is 4.56. The normalized spacial score (nSPS) is 13.7. The van der Waals surface area contributed by atoms with Crippen molar-refractivity contribution in [3.63, 3.8) is 0 Å². The molecular formula is C16H24N2O3. The van der Waals surface area contributed by atoms with E-state index in [2.05, 4.69) is 5.32 Å². The van der Waals surface area contributed by atoms with Gasteiger partial charge in [0.25, 0.3) is 11.8 Å². The summed E-state index contributed by atoms with van der Waals surface area (Å²) < 4.78 is 0. The Kier molecular flexibility index (Phi) is 5.49. The first kappa shape index (κ1) is 17.2. The predicted octanol–water partition coefficient (Wildman–Crippen LogP) is 1.53. The molecular weight excluding hydrogens is 268 g/mol. The van der Waals surface area contributed by atoms with E-state index in [9.17, 15) is 14.7 Å². The van der Waals surface area contributed by atoms with Gasteiger partial charge in [0.05, 0.1) is 5.60 Å². The molecule has 0 aromatic heterocycles. The molecule has 0 spiro atoms. The van der Waals surface area contributed by atoms with Crippen LogP contribution in [0.2, 0.25) is 0 Å². The number of aliphatic hydroxyl groups is 1. The van der Waals surface area contributed by atoms with Gasteiger partial charge in [-0.15, -0.1) is 0 Å². The minimum atomic E-state index is -0.966. The van der Waals surface area contributed by atoms with Crippen LogP contribution in [0.3, 0.4) is 0 Å². The van der Waals surface area contributed by atoms with Crippen LogP contribution in [0.1, 0.15) is 41.5 Å². The summed E-state index contributed by atoms with van der Waals surface area (Å²) in [5.41, 5.74) is -0.0993. The Hall–Kier alpha value is -1.88. The maximum atomic E-state index is 12.1. The zero-order chi connectivity index (χ0) is 16.2. The quantitative estimate of drug-likeness (QED) is 0.864. The highest BCUT2D eigenvalue weighted by atomic mass is 16.3. The van der Waals surface area contributed by atoms with Gasteiger partial charge in [-0.25, -0.2) is 0 Å². The van der Waals surface area contributed by atoms with Crippen LogP contribution in [0.15, 0.2) is 24.3 Å². The monoisotopic (exact) mass is 292 g/mol. The molecule has 0 aliphatic heterocycles. The molecule has 1 rings (SSSR count). The highest BCUT2D eigenvalue weighted by molar-refractivity contribution is 5.99. The maximum absolute atomic E-state index is 12.1. The summed E-state index contributed by atoms with van der Waals surface area (Å²) in [5.74, 6) is -0.428. The molecule has 1 aromatic rings.